The van der Waals surface area contributed by atoms with Crippen LogP contribution in [0.15, 0.2) is 0 Å². The minimum atomic E-state index is -0.338. The first-order valence-corrected chi connectivity index (χ1v) is 17.0. The van der Waals surface area contributed by atoms with Crippen LogP contribution in [-0.4, -0.2) is 22.4 Å². The maximum absolute atomic E-state index is 10.5. The molecule has 0 bridgehead atoms. The van der Waals surface area contributed by atoms with E-state index in [4.69, 9.17) is 0 Å². The van der Waals surface area contributed by atoms with Crippen LogP contribution in [-0.2, 0) is 0 Å². The van der Waals surface area contributed by atoms with E-state index in [1.165, 1.54) is 154 Å². The molecule has 0 aromatic carbocycles. The summed E-state index contributed by atoms with van der Waals surface area (Å²) >= 11 is 0. The summed E-state index contributed by atoms with van der Waals surface area (Å²) in [6, 6.07) is 0. The Morgan fingerprint density at radius 1 is 0.333 bits per heavy atom. The zero-order valence-electron chi connectivity index (χ0n) is 25.4. The summed E-state index contributed by atoms with van der Waals surface area (Å²) in [6.07, 6.45) is 36.4. The number of aliphatic hydroxyl groups is 2. The monoisotopic (exact) mass is 511 g/mol. The highest BCUT2D eigenvalue weighted by Gasteiger charge is 2.21. The lowest BCUT2D eigenvalue weighted by molar-refractivity contribution is 0.0114. The number of rotatable bonds is 30. The van der Waals surface area contributed by atoms with Crippen LogP contribution in [0.1, 0.15) is 201 Å². The van der Waals surface area contributed by atoms with E-state index >= 15 is 0 Å². The van der Waals surface area contributed by atoms with E-state index in [1.54, 1.807) is 0 Å². The lowest BCUT2D eigenvalue weighted by Crippen LogP contribution is -2.29. The Kier molecular flexibility index (Phi) is 29.4. The first-order valence-electron chi connectivity index (χ1n) is 17.0. The van der Waals surface area contributed by atoms with E-state index in [2.05, 4.69) is 13.8 Å². The van der Waals surface area contributed by atoms with Crippen molar-refractivity contribution in [2.24, 2.45) is 5.92 Å². The van der Waals surface area contributed by atoms with Gasteiger partial charge in [0.15, 0.2) is 0 Å². The predicted molar refractivity (Wildman–Crippen MR) is 162 cm³/mol. The summed E-state index contributed by atoms with van der Waals surface area (Å²) in [7, 11) is 0. The normalized spacial score (nSPS) is 14.2. The van der Waals surface area contributed by atoms with Crippen LogP contribution in [0.3, 0.4) is 0 Å². The molecule has 0 saturated heterocycles. The van der Waals surface area contributed by atoms with Gasteiger partial charge in [-0.2, -0.15) is 0 Å². The van der Waals surface area contributed by atoms with E-state index < -0.39 is 0 Å². The Balaban J connectivity index is 3.41. The minimum absolute atomic E-state index is 0.0137. The van der Waals surface area contributed by atoms with Gasteiger partial charge in [0.25, 0.3) is 0 Å². The van der Waals surface area contributed by atoms with Crippen LogP contribution >= 0.6 is 0 Å². The van der Waals surface area contributed by atoms with Crippen LogP contribution in [0.4, 0.5) is 0 Å². The summed E-state index contributed by atoms with van der Waals surface area (Å²) in [5, 5.41) is 21.0. The average Bonchev–Trinajstić information content (AvgIpc) is 2.88. The third-order valence-electron chi connectivity index (χ3n) is 8.42. The lowest BCUT2D eigenvalue weighted by Gasteiger charge is -2.24. The molecule has 0 aromatic heterocycles. The van der Waals surface area contributed by atoms with Crippen LogP contribution in [0.25, 0.3) is 0 Å². The van der Waals surface area contributed by atoms with Crippen molar-refractivity contribution in [3.05, 3.63) is 0 Å². The van der Waals surface area contributed by atoms with Crippen molar-refractivity contribution in [3.8, 4) is 0 Å². The molecule has 0 saturated carbocycles. The Hall–Kier alpha value is -0.0800. The van der Waals surface area contributed by atoms with Crippen LogP contribution in [0, 0.1) is 5.92 Å². The molecule has 0 fully saturated rings. The van der Waals surface area contributed by atoms with Gasteiger partial charge in [-0.1, -0.05) is 188 Å². The van der Waals surface area contributed by atoms with Crippen LogP contribution in [0.5, 0.6) is 0 Å². The quantitative estimate of drug-likeness (QED) is 0.0943. The molecule has 0 aliphatic carbocycles. The standard InChI is InChI=1S/C34H70O2/c1-4-6-8-10-12-14-16-17-18-19-21-23-25-27-29-31-34(36)32(3)33(35)30-28-26-24-22-20-15-13-11-9-7-5-2/h32-36H,4-31H2,1-3H3. The molecule has 218 valence electrons. The van der Waals surface area contributed by atoms with E-state index in [9.17, 15) is 10.2 Å². The fourth-order valence-corrected chi connectivity index (χ4v) is 5.52. The third-order valence-corrected chi connectivity index (χ3v) is 8.42. The van der Waals surface area contributed by atoms with Crippen molar-refractivity contribution in [3.63, 3.8) is 0 Å². The number of hydrogen-bond donors (Lipinski definition) is 2. The highest BCUT2D eigenvalue weighted by atomic mass is 16.3. The van der Waals surface area contributed by atoms with Crippen molar-refractivity contribution in [2.75, 3.05) is 0 Å². The maximum Gasteiger partial charge on any atom is 0.0590 e. The highest BCUT2D eigenvalue weighted by Crippen LogP contribution is 2.21. The van der Waals surface area contributed by atoms with Gasteiger partial charge >= 0.3 is 0 Å². The van der Waals surface area contributed by atoms with E-state index in [1.807, 2.05) is 6.92 Å². The average molecular weight is 511 g/mol. The van der Waals surface area contributed by atoms with Gasteiger partial charge in [0.05, 0.1) is 12.2 Å². The highest BCUT2D eigenvalue weighted by molar-refractivity contribution is 4.72. The van der Waals surface area contributed by atoms with Gasteiger partial charge in [0, 0.05) is 5.92 Å². The van der Waals surface area contributed by atoms with Crippen molar-refractivity contribution < 1.29 is 10.2 Å². The van der Waals surface area contributed by atoms with E-state index in [0.717, 1.165) is 25.7 Å². The van der Waals surface area contributed by atoms with Gasteiger partial charge in [-0.15, -0.1) is 0 Å². The number of aliphatic hydroxyl groups excluding tert-OH is 2. The smallest absolute Gasteiger partial charge is 0.0590 e. The first kappa shape index (κ1) is 35.9. The van der Waals surface area contributed by atoms with Crippen LogP contribution in [0.2, 0.25) is 0 Å². The van der Waals surface area contributed by atoms with Gasteiger partial charge < -0.3 is 10.2 Å². The molecule has 0 spiro atoms. The van der Waals surface area contributed by atoms with Gasteiger partial charge in [-0.05, 0) is 12.8 Å². The zero-order chi connectivity index (χ0) is 26.5. The molecule has 0 amide bonds. The second-order valence-electron chi connectivity index (χ2n) is 12.1. The summed E-state index contributed by atoms with van der Waals surface area (Å²) in [5.41, 5.74) is 0. The van der Waals surface area contributed by atoms with Gasteiger partial charge in [-0.3, -0.25) is 0 Å². The summed E-state index contributed by atoms with van der Waals surface area (Å²) in [4.78, 5) is 0. The molecule has 2 nitrogen and oxygen atoms in total. The molecule has 2 N–H and O–H groups in total. The molecule has 2 heteroatoms. The van der Waals surface area contributed by atoms with Crippen LogP contribution < -0.4 is 0 Å². The van der Waals surface area contributed by atoms with Gasteiger partial charge in [0.2, 0.25) is 0 Å². The maximum atomic E-state index is 10.5. The molecule has 0 rings (SSSR count). The van der Waals surface area contributed by atoms with Gasteiger partial charge in [-0.25, -0.2) is 0 Å². The summed E-state index contributed by atoms with van der Waals surface area (Å²) in [6.45, 7) is 6.61. The molecule has 3 atom stereocenters. The van der Waals surface area contributed by atoms with E-state index in [0.29, 0.717) is 0 Å². The van der Waals surface area contributed by atoms with E-state index in [-0.39, 0.29) is 18.1 Å². The zero-order valence-corrected chi connectivity index (χ0v) is 25.4. The Morgan fingerprint density at radius 3 is 0.750 bits per heavy atom. The summed E-state index contributed by atoms with van der Waals surface area (Å²) < 4.78 is 0. The molecule has 0 aromatic rings. The Morgan fingerprint density at radius 2 is 0.528 bits per heavy atom. The second-order valence-corrected chi connectivity index (χ2v) is 12.1. The number of hydrogen-bond acceptors (Lipinski definition) is 2. The van der Waals surface area contributed by atoms with Gasteiger partial charge in [0.1, 0.15) is 0 Å². The SMILES string of the molecule is CCCCCCCCCCCCCCCCCC(O)C(C)C(O)CCCCCCCCCCCCC. The fourth-order valence-electron chi connectivity index (χ4n) is 5.52. The predicted octanol–water partition coefficient (Wildman–Crippen LogP) is 11.3. The second kappa shape index (κ2) is 29.5. The molecule has 0 aliphatic heterocycles. The lowest BCUT2D eigenvalue weighted by atomic mass is 9.90. The Bertz CT molecular complexity index is 397. The largest absolute Gasteiger partial charge is 0.393 e. The molecule has 36 heavy (non-hydrogen) atoms. The molecular weight excluding hydrogens is 440 g/mol. The number of unbranched alkanes of at least 4 members (excludes halogenated alkanes) is 24. The Labute approximate surface area is 228 Å². The molecule has 0 heterocycles. The molecule has 0 radical (unpaired) electrons. The fraction of sp³-hybridized carbons (Fsp3) is 1.00. The molecule has 0 aliphatic rings. The first-order chi connectivity index (χ1) is 17.6. The van der Waals surface area contributed by atoms with Crippen molar-refractivity contribution in [1.82, 2.24) is 0 Å². The molecular formula is C34H70O2. The van der Waals surface area contributed by atoms with Crippen molar-refractivity contribution in [2.45, 2.75) is 213 Å². The topological polar surface area (TPSA) is 40.5 Å². The van der Waals surface area contributed by atoms with Crippen molar-refractivity contribution >= 4 is 0 Å². The van der Waals surface area contributed by atoms with Crippen molar-refractivity contribution in [1.29, 1.82) is 0 Å². The minimum Gasteiger partial charge on any atom is -0.393 e. The molecule has 3 unspecified atom stereocenters. The third kappa shape index (κ3) is 25.6. The summed E-state index contributed by atoms with van der Waals surface area (Å²) in [5.74, 6) is 0.0137.